The molecule has 0 aliphatic carbocycles. The van der Waals surface area contributed by atoms with Gasteiger partial charge in [-0.1, -0.05) is 23.2 Å². The molecule has 1 rings (SSSR count). The SMILES string of the molecule is COCCCC(C)(O)c1cc(F)c(Cl)cc1Cl. The van der Waals surface area contributed by atoms with Crippen LogP contribution in [0.1, 0.15) is 25.3 Å². The summed E-state index contributed by atoms with van der Waals surface area (Å²) in [6.07, 6.45) is 1.09. The summed E-state index contributed by atoms with van der Waals surface area (Å²) in [5, 5.41) is 10.5. The Morgan fingerprint density at radius 1 is 1.35 bits per heavy atom. The number of hydrogen-bond donors (Lipinski definition) is 1. The van der Waals surface area contributed by atoms with E-state index in [4.69, 9.17) is 27.9 Å². The third-order valence-electron chi connectivity index (χ3n) is 2.60. The summed E-state index contributed by atoms with van der Waals surface area (Å²) in [7, 11) is 1.59. The Kier molecular flexibility index (Phi) is 5.20. The van der Waals surface area contributed by atoms with Crippen LogP contribution in [0.3, 0.4) is 0 Å². The maximum Gasteiger partial charge on any atom is 0.142 e. The minimum absolute atomic E-state index is 0.0496. The molecule has 1 unspecified atom stereocenters. The first kappa shape index (κ1) is 14.7. The Bertz CT molecular complexity index is 394. The average Bonchev–Trinajstić information content (AvgIpc) is 2.23. The quantitative estimate of drug-likeness (QED) is 0.657. The molecule has 0 bridgehead atoms. The molecule has 5 heteroatoms. The topological polar surface area (TPSA) is 29.5 Å². The summed E-state index contributed by atoms with van der Waals surface area (Å²) in [5.74, 6) is -0.585. The highest BCUT2D eigenvalue weighted by Crippen LogP contribution is 2.34. The molecule has 2 nitrogen and oxygen atoms in total. The summed E-state index contributed by atoms with van der Waals surface area (Å²) in [6.45, 7) is 2.13. The van der Waals surface area contributed by atoms with Gasteiger partial charge in [0.25, 0.3) is 0 Å². The van der Waals surface area contributed by atoms with E-state index in [2.05, 4.69) is 0 Å². The van der Waals surface area contributed by atoms with Crippen molar-refractivity contribution < 1.29 is 14.2 Å². The summed E-state index contributed by atoms with van der Waals surface area (Å²) in [4.78, 5) is 0. The smallest absolute Gasteiger partial charge is 0.142 e. The van der Waals surface area contributed by atoms with Gasteiger partial charge in [0, 0.05) is 24.3 Å². The van der Waals surface area contributed by atoms with Crippen LogP contribution >= 0.6 is 23.2 Å². The Labute approximate surface area is 110 Å². The van der Waals surface area contributed by atoms with Gasteiger partial charge in [0.1, 0.15) is 5.82 Å². The lowest BCUT2D eigenvalue weighted by Gasteiger charge is -2.25. The second-order valence-corrected chi connectivity index (χ2v) is 4.93. The van der Waals surface area contributed by atoms with Crippen molar-refractivity contribution in [3.8, 4) is 0 Å². The molecule has 1 atom stereocenters. The van der Waals surface area contributed by atoms with Crippen LogP contribution in [0.25, 0.3) is 0 Å². The van der Waals surface area contributed by atoms with Crippen LogP contribution in [0.5, 0.6) is 0 Å². The third-order valence-corrected chi connectivity index (χ3v) is 3.20. The molecule has 0 aromatic heterocycles. The van der Waals surface area contributed by atoms with Crippen LogP contribution in [-0.2, 0) is 10.3 Å². The van der Waals surface area contributed by atoms with E-state index in [9.17, 15) is 9.50 Å². The van der Waals surface area contributed by atoms with E-state index in [0.717, 1.165) is 0 Å². The number of ether oxygens (including phenoxy) is 1. The molecule has 0 amide bonds. The lowest BCUT2D eigenvalue weighted by molar-refractivity contribution is 0.0371. The number of halogens is 3. The highest BCUT2D eigenvalue weighted by molar-refractivity contribution is 6.35. The van der Waals surface area contributed by atoms with Crippen molar-refractivity contribution in [2.24, 2.45) is 0 Å². The number of methoxy groups -OCH3 is 1. The van der Waals surface area contributed by atoms with E-state index in [-0.39, 0.29) is 10.0 Å². The zero-order chi connectivity index (χ0) is 13.1. The van der Waals surface area contributed by atoms with E-state index in [1.54, 1.807) is 14.0 Å². The van der Waals surface area contributed by atoms with Crippen molar-refractivity contribution in [2.75, 3.05) is 13.7 Å². The van der Waals surface area contributed by atoms with E-state index in [1.807, 2.05) is 0 Å². The molecule has 0 saturated heterocycles. The van der Waals surface area contributed by atoms with Gasteiger partial charge < -0.3 is 9.84 Å². The zero-order valence-corrected chi connectivity index (χ0v) is 11.3. The number of rotatable bonds is 5. The van der Waals surface area contributed by atoms with Gasteiger partial charge in [-0.05, 0) is 31.9 Å². The predicted octanol–water partition coefficient (Wildman–Crippen LogP) is 3.77. The molecule has 1 aromatic rings. The maximum absolute atomic E-state index is 13.4. The Hall–Kier alpha value is -0.350. The van der Waals surface area contributed by atoms with Crippen LogP contribution in [0.15, 0.2) is 12.1 Å². The first-order valence-corrected chi connectivity index (χ1v) is 6.00. The average molecular weight is 281 g/mol. The Morgan fingerprint density at radius 2 is 2.00 bits per heavy atom. The van der Waals surface area contributed by atoms with Crippen molar-refractivity contribution in [2.45, 2.75) is 25.4 Å². The van der Waals surface area contributed by atoms with Crippen molar-refractivity contribution in [3.05, 3.63) is 33.6 Å². The molecule has 1 aromatic carbocycles. The molecular formula is C12H15Cl2FO2. The fourth-order valence-corrected chi connectivity index (χ4v) is 2.22. The molecule has 0 aliphatic rings. The van der Waals surface area contributed by atoms with E-state index >= 15 is 0 Å². The Balaban J connectivity index is 2.93. The molecule has 17 heavy (non-hydrogen) atoms. The van der Waals surface area contributed by atoms with Crippen LogP contribution in [0.2, 0.25) is 10.0 Å². The largest absolute Gasteiger partial charge is 0.385 e. The van der Waals surface area contributed by atoms with E-state index in [1.165, 1.54) is 12.1 Å². The molecule has 0 radical (unpaired) electrons. The van der Waals surface area contributed by atoms with Gasteiger partial charge in [0.2, 0.25) is 0 Å². The second kappa shape index (κ2) is 6.01. The molecule has 0 aliphatic heterocycles. The normalized spacial score (nSPS) is 14.7. The monoisotopic (exact) mass is 280 g/mol. The van der Waals surface area contributed by atoms with Crippen molar-refractivity contribution >= 4 is 23.2 Å². The van der Waals surface area contributed by atoms with Gasteiger partial charge in [-0.3, -0.25) is 0 Å². The van der Waals surface area contributed by atoms with Crippen LogP contribution in [0.4, 0.5) is 4.39 Å². The van der Waals surface area contributed by atoms with Crippen molar-refractivity contribution in [3.63, 3.8) is 0 Å². The molecular weight excluding hydrogens is 266 g/mol. The fourth-order valence-electron chi connectivity index (χ4n) is 1.63. The summed E-state index contributed by atoms with van der Waals surface area (Å²) < 4.78 is 18.3. The minimum atomic E-state index is -1.19. The van der Waals surface area contributed by atoms with Gasteiger partial charge in [-0.2, -0.15) is 0 Å². The molecule has 96 valence electrons. The standard InChI is InChI=1S/C12H15Cl2FO2/c1-12(16,4-3-5-17-2)8-6-11(15)10(14)7-9(8)13/h6-7,16H,3-5H2,1-2H3. The third kappa shape index (κ3) is 3.81. The number of hydrogen-bond acceptors (Lipinski definition) is 2. The predicted molar refractivity (Wildman–Crippen MR) is 67.1 cm³/mol. The first-order chi connectivity index (χ1) is 7.88. The molecule has 0 spiro atoms. The fraction of sp³-hybridized carbons (Fsp3) is 0.500. The van der Waals surface area contributed by atoms with Gasteiger partial charge in [0.05, 0.1) is 10.6 Å². The molecule has 0 fully saturated rings. The van der Waals surface area contributed by atoms with Crippen molar-refractivity contribution in [1.29, 1.82) is 0 Å². The first-order valence-electron chi connectivity index (χ1n) is 5.25. The van der Waals surface area contributed by atoms with E-state index < -0.39 is 11.4 Å². The van der Waals surface area contributed by atoms with Crippen molar-refractivity contribution in [1.82, 2.24) is 0 Å². The lowest BCUT2D eigenvalue weighted by Crippen LogP contribution is -2.22. The lowest BCUT2D eigenvalue weighted by atomic mass is 9.91. The van der Waals surface area contributed by atoms with Crippen LogP contribution in [-0.4, -0.2) is 18.8 Å². The van der Waals surface area contributed by atoms with E-state index in [0.29, 0.717) is 25.0 Å². The number of benzene rings is 1. The molecule has 0 saturated carbocycles. The van der Waals surface area contributed by atoms with Gasteiger partial charge in [0.15, 0.2) is 0 Å². The summed E-state index contributed by atoms with van der Waals surface area (Å²) in [6, 6.07) is 2.48. The minimum Gasteiger partial charge on any atom is -0.385 e. The Morgan fingerprint density at radius 3 is 2.59 bits per heavy atom. The number of aliphatic hydroxyl groups is 1. The highest BCUT2D eigenvalue weighted by atomic mass is 35.5. The van der Waals surface area contributed by atoms with Gasteiger partial charge in [-0.15, -0.1) is 0 Å². The van der Waals surface area contributed by atoms with Crippen LogP contribution < -0.4 is 0 Å². The van der Waals surface area contributed by atoms with Gasteiger partial charge in [-0.25, -0.2) is 4.39 Å². The summed E-state index contributed by atoms with van der Waals surface area (Å²) >= 11 is 11.6. The highest BCUT2D eigenvalue weighted by Gasteiger charge is 2.26. The van der Waals surface area contributed by atoms with Crippen LogP contribution in [0, 0.1) is 5.82 Å². The summed E-state index contributed by atoms with van der Waals surface area (Å²) in [5.41, 5.74) is -0.849. The maximum atomic E-state index is 13.4. The zero-order valence-electron chi connectivity index (χ0n) is 9.77. The molecule has 1 N–H and O–H groups in total. The second-order valence-electron chi connectivity index (χ2n) is 4.12. The van der Waals surface area contributed by atoms with Gasteiger partial charge >= 0.3 is 0 Å². The molecule has 0 heterocycles.